The van der Waals surface area contributed by atoms with Crippen LogP contribution in [0.15, 0.2) is 52.6 Å². The first-order valence-corrected chi connectivity index (χ1v) is 11.6. The van der Waals surface area contributed by atoms with Crippen molar-refractivity contribution in [3.63, 3.8) is 0 Å². The van der Waals surface area contributed by atoms with E-state index in [0.717, 1.165) is 62.4 Å². The summed E-state index contributed by atoms with van der Waals surface area (Å²) in [6.45, 7) is 1.60. The van der Waals surface area contributed by atoms with Crippen molar-refractivity contribution in [2.45, 2.75) is 44.9 Å². The Hall–Kier alpha value is -2.67. The number of benzene rings is 1. The number of nitrogens with one attached hydrogen (secondary N) is 1. The number of hydrogen-bond donors (Lipinski definition) is 1. The summed E-state index contributed by atoms with van der Waals surface area (Å²) in [7, 11) is 0. The number of hydrogen-bond acceptors (Lipinski definition) is 4. The van der Waals surface area contributed by atoms with Crippen molar-refractivity contribution in [2.75, 3.05) is 13.1 Å². The molecule has 0 radical (unpaired) electrons. The van der Waals surface area contributed by atoms with Crippen LogP contribution in [-0.2, 0) is 17.6 Å². The van der Waals surface area contributed by atoms with Crippen molar-refractivity contribution in [1.82, 2.24) is 19.7 Å². The summed E-state index contributed by atoms with van der Waals surface area (Å²) in [6, 6.07) is 14.3. The standard InChI is InChI=1S/C23H28N4O2S/c28-21(10-5-4-9-18-7-2-1-3-8-18)26-14-12-19(13-15-26)17-20-24-25-23(29)27(20)22-11-6-16-30-22/h1-3,6-8,11,16,19H,4-5,9-10,12-15,17H2,(H,25,29). The van der Waals surface area contributed by atoms with Gasteiger partial charge in [-0.2, -0.15) is 5.10 Å². The molecule has 1 aliphatic heterocycles. The van der Waals surface area contributed by atoms with Crippen LogP contribution >= 0.6 is 11.3 Å². The van der Waals surface area contributed by atoms with E-state index < -0.39 is 0 Å². The maximum absolute atomic E-state index is 12.6. The van der Waals surface area contributed by atoms with Crippen LogP contribution in [0.4, 0.5) is 0 Å². The van der Waals surface area contributed by atoms with Gasteiger partial charge in [0.1, 0.15) is 10.8 Å². The van der Waals surface area contributed by atoms with Gasteiger partial charge in [0, 0.05) is 25.9 Å². The fourth-order valence-corrected chi connectivity index (χ4v) is 4.89. The number of rotatable bonds is 8. The van der Waals surface area contributed by atoms with Crippen LogP contribution in [0, 0.1) is 5.92 Å². The van der Waals surface area contributed by atoms with Gasteiger partial charge in [-0.25, -0.2) is 14.5 Å². The molecule has 158 valence electrons. The largest absolute Gasteiger partial charge is 0.348 e. The molecule has 1 aromatic carbocycles. The molecule has 30 heavy (non-hydrogen) atoms. The maximum Gasteiger partial charge on any atom is 0.348 e. The number of carbonyl (C=O) groups excluding carboxylic acids is 1. The van der Waals surface area contributed by atoms with Crippen molar-refractivity contribution in [3.8, 4) is 5.00 Å². The Balaban J connectivity index is 1.22. The molecule has 0 aliphatic carbocycles. The van der Waals surface area contributed by atoms with Crippen molar-refractivity contribution < 1.29 is 4.79 Å². The van der Waals surface area contributed by atoms with E-state index in [1.165, 1.54) is 16.9 Å². The van der Waals surface area contributed by atoms with Crippen molar-refractivity contribution in [1.29, 1.82) is 0 Å². The molecule has 0 saturated carbocycles. The Bertz CT molecular complexity index is 986. The number of amides is 1. The predicted molar refractivity (Wildman–Crippen MR) is 119 cm³/mol. The molecule has 1 amide bonds. The van der Waals surface area contributed by atoms with Gasteiger partial charge in [0.25, 0.3) is 0 Å². The molecule has 1 fully saturated rings. The highest BCUT2D eigenvalue weighted by molar-refractivity contribution is 7.12. The number of aromatic nitrogens is 3. The first-order valence-electron chi connectivity index (χ1n) is 10.7. The number of thiophene rings is 1. The van der Waals surface area contributed by atoms with E-state index in [0.29, 0.717) is 12.3 Å². The molecule has 3 aromatic rings. The van der Waals surface area contributed by atoms with Crippen LogP contribution in [0.1, 0.15) is 43.5 Å². The number of nitrogens with zero attached hydrogens (tertiary/aromatic N) is 3. The summed E-state index contributed by atoms with van der Waals surface area (Å²) in [4.78, 5) is 26.7. The second-order valence-electron chi connectivity index (χ2n) is 7.95. The number of aryl methyl sites for hydroxylation is 1. The molecule has 3 heterocycles. The maximum atomic E-state index is 12.6. The molecule has 1 saturated heterocycles. The fraction of sp³-hybridized carbons (Fsp3) is 0.435. The Morgan fingerprint density at radius 2 is 1.90 bits per heavy atom. The molecule has 0 unspecified atom stereocenters. The molecule has 1 N–H and O–H groups in total. The lowest BCUT2D eigenvalue weighted by molar-refractivity contribution is -0.132. The summed E-state index contributed by atoms with van der Waals surface area (Å²) in [5.41, 5.74) is 1.15. The van der Waals surface area contributed by atoms with Gasteiger partial charge in [0.15, 0.2) is 0 Å². The average Bonchev–Trinajstić information content (AvgIpc) is 3.42. The molecule has 0 atom stereocenters. The van der Waals surface area contributed by atoms with E-state index in [1.807, 2.05) is 28.5 Å². The second-order valence-corrected chi connectivity index (χ2v) is 8.88. The van der Waals surface area contributed by atoms with E-state index in [4.69, 9.17) is 0 Å². The number of likely N-dealkylation sites (tertiary alicyclic amines) is 1. The molecule has 2 aromatic heterocycles. The lowest BCUT2D eigenvalue weighted by Gasteiger charge is -2.32. The van der Waals surface area contributed by atoms with Crippen molar-refractivity contribution in [3.05, 3.63) is 69.7 Å². The first-order chi connectivity index (χ1) is 14.7. The molecular weight excluding hydrogens is 396 g/mol. The van der Waals surface area contributed by atoms with Gasteiger partial charge in [-0.1, -0.05) is 30.3 Å². The molecule has 0 spiro atoms. The molecule has 1 aliphatic rings. The number of H-pyrrole nitrogens is 1. The highest BCUT2D eigenvalue weighted by Gasteiger charge is 2.24. The highest BCUT2D eigenvalue weighted by atomic mass is 32.1. The summed E-state index contributed by atoms with van der Waals surface area (Å²) < 4.78 is 1.68. The normalized spacial score (nSPS) is 14.9. The van der Waals surface area contributed by atoms with E-state index in [1.54, 1.807) is 4.57 Å². The SMILES string of the molecule is O=C(CCCCc1ccccc1)N1CCC(Cc2n[nH]c(=O)n2-c2cccs2)CC1. The van der Waals surface area contributed by atoms with Crippen LogP contribution in [-0.4, -0.2) is 38.7 Å². The predicted octanol–water partition coefficient (Wildman–Crippen LogP) is 3.82. The van der Waals surface area contributed by atoms with Gasteiger partial charge in [-0.3, -0.25) is 4.79 Å². The lowest BCUT2D eigenvalue weighted by atomic mass is 9.93. The first kappa shape index (κ1) is 20.6. The third kappa shape index (κ3) is 5.08. The minimum atomic E-state index is -0.185. The molecular formula is C23H28N4O2S. The Kier molecular flexibility index (Phi) is 6.79. The summed E-state index contributed by atoms with van der Waals surface area (Å²) >= 11 is 1.53. The second kappa shape index (κ2) is 9.89. The van der Waals surface area contributed by atoms with Gasteiger partial charge in [-0.05, 0) is 61.1 Å². The quantitative estimate of drug-likeness (QED) is 0.559. The van der Waals surface area contributed by atoms with E-state index in [-0.39, 0.29) is 11.6 Å². The summed E-state index contributed by atoms with van der Waals surface area (Å²) in [6.07, 6.45) is 6.33. The van der Waals surface area contributed by atoms with Gasteiger partial charge in [-0.15, -0.1) is 11.3 Å². The summed E-state index contributed by atoms with van der Waals surface area (Å²) in [5.74, 6) is 1.51. The molecule has 0 bridgehead atoms. The third-order valence-corrected chi connectivity index (χ3v) is 6.71. The fourth-order valence-electron chi connectivity index (χ4n) is 4.14. The zero-order valence-electron chi connectivity index (χ0n) is 17.1. The van der Waals surface area contributed by atoms with Crippen LogP contribution in [0.2, 0.25) is 0 Å². The van der Waals surface area contributed by atoms with Gasteiger partial charge < -0.3 is 4.90 Å². The van der Waals surface area contributed by atoms with Crippen molar-refractivity contribution >= 4 is 17.2 Å². The van der Waals surface area contributed by atoms with Crippen LogP contribution in [0.25, 0.3) is 5.00 Å². The molecule has 4 rings (SSSR count). The number of carbonyl (C=O) groups is 1. The summed E-state index contributed by atoms with van der Waals surface area (Å²) in [5, 5.41) is 9.68. The number of piperidine rings is 1. The van der Waals surface area contributed by atoms with Gasteiger partial charge >= 0.3 is 5.69 Å². The van der Waals surface area contributed by atoms with Gasteiger partial charge in [0.05, 0.1) is 0 Å². The van der Waals surface area contributed by atoms with Crippen LogP contribution < -0.4 is 5.69 Å². The molecule has 7 heteroatoms. The Morgan fingerprint density at radius 1 is 1.10 bits per heavy atom. The van der Waals surface area contributed by atoms with Crippen LogP contribution in [0.5, 0.6) is 0 Å². The monoisotopic (exact) mass is 424 g/mol. The van der Waals surface area contributed by atoms with Gasteiger partial charge in [0.2, 0.25) is 5.91 Å². The highest BCUT2D eigenvalue weighted by Crippen LogP contribution is 2.23. The Labute approximate surface area is 180 Å². The van der Waals surface area contributed by atoms with E-state index in [2.05, 4.69) is 34.5 Å². The zero-order valence-corrected chi connectivity index (χ0v) is 17.9. The number of unbranched alkanes of at least 4 members (excludes halogenated alkanes) is 1. The topological polar surface area (TPSA) is 71.0 Å². The third-order valence-electron chi connectivity index (χ3n) is 5.86. The van der Waals surface area contributed by atoms with Crippen molar-refractivity contribution in [2.24, 2.45) is 5.92 Å². The van der Waals surface area contributed by atoms with E-state index in [9.17, 15) is 9.59 Å². The average molecular weight is 425 g/mol. The smallest absolute Gasteiger partial charge is 0.343 e. The Morgan fingerprint density at radius 3 is 2.63 bits per heavy atom. The minimum Gasteiger partial charge on any atom is -0.343 e. The zero-order chi connectivity index (χ0) is 20.8. The number of aromatic amines is 1. The van der Waals surface area contributed by atoms with Crippen LogP contribution in [0.3, 0.4) is 0 Å². The molecule has 6 nitrogen and oxygen atoms in total. The minimum absolute atomic E-state index is 0.185. The van der Waals surface area contributed by atoms with E-state index >= 15 is 0 Å². The lowest BCUT2D eigenvalue weighted by Crippen LogP contribution is -2.39.